The highest BCUT2D eigenvalue weighted by Crippen LogP contribution is 2.66. The smallest absolute Gasteiger partial charge is 0.0406 e. The lowest BCUT2D eigenvalue weighted by Gasteiger charge is -2.64. The summed E-state index contributed by atoms with van der Waals surface area (Å²) in [6.07, 6.45) is 10.8. The highest BCUT2D eigenvalue weighted by atomic mass is 35.5. The Labute approximate surface area is 187 Å². The van der Waals surface area contributed by atoms with Crippen LogP contribution < -0.4 is 5.32 Å². The molecule has 2 aromatic rings. The summed E-state index contributed by atoms with van der Waals surface area (Å²) in [7, 11) is 0. The zero-order valence-electron chi connectivity index (χ0n) is 18.5. The maximum absolute atomic E-state index is 6.22. The van der Waals surface area contributed by atoms with Crippen LogP contribution in [0.1, 0.15) is 69.9 Å². The Kier molecular flexibility index (Phi) is 5.48. The second kappa shape index (κ2) is 7.99. The Hall–Kier alpha value is -1.31. The Morgan fingerprint density at radius 1 is 0.933 bits per heavy atom. The van der Waals surface area contributed by atoms with Crippen LogP contribution in [0.4, 0.5) is 0 Å². The van der Waals surface area contributed by atoms with Crippen molar-refractivity contribution in [1.82, 2.24) is 5.32 Å². The van der Waals surface area contributed by atoms with Gasteiger partial charge in [-0.05, 0) is 111 Å². The molecule has 0 saturated heterocycles. The first-order valence-corrected chi connectivity index (χ1v) is 12.4. The van der Waals surface area contributed by atoms with E-state index in [1.54, 1.807) is 5.56 Å². The Balaban J connectivity index is 1.30. The first-order chi connectivity index (χ1) is 14.5. The van der Waals surface area contributed by atoms with Gasteiger partial charge < -0.3 is 5.32 Å². The van der Waals surface area contributed by atoms with Crippen molar-refractivity contribution in [2.24, 2.45) is 17.3 Å². The summed E-state index contributed by atoms with van der Waals surface area (Å²) in [5.74, 6) is 1.82. The normalized spacial score (nSPS) is 34.1. The van der Waals surface area contributed by atoms with E-state index in [2.05, 4.69) is 73.8 Å². The van der Waals surface area contributed by atoms with Crippen molar-refractivity contribution in [2.45, 2.75) is 82.7 Å². The van der Waals surface area contributed by atoms with Crippen LogP contribution in [-0.2, 0) is 11.8 Å². The molecule has 2 heteroatoms. The molecule has 4 aliphatic carbocycles. The predicted molar refractivity (Wildman–Crippen MR) is 127 cm³/mol. The van der Waals surface area contributed by atoms with Crippen LogP contribution in [0, 0.1) is 17.3 Å². The van der Waals surface area contributed by atoms with Crippen LogP contribution >= 0.6 is 11.6 Å². The largest absolute Gasteiger partial charge is 0.311 e. The summed E-state index contributed by atoms with van der Waals surface area (Å²) in [6.45, 7) is 4.87. The summed E-state index contributed by atoms with van der Waals surface area (Å²) < 4.78 is 0. The second-order valence-electron chi connectivity index (χ2n) is 10.9. The van der Waals surface area contributed by atoms with Crippen molar-refractivity contribution in [3.8, 4) is 0 Å². The zero-order chi connectivity index (χ0) is 20.8. The fourth-order valence-electron chi connectivity index (χ4n) is 7.70. The monoisotopic (exact) mass is 421 g/mol. The molecular weight excluding hydrogens is 386 g/mol. The van der Waals surface area contributed by atoms with Crippen LogP contribution in [0.2, 0.25) is 5.02 Å². The van der Waals surface area contributed by atoms with Gasteiger partial charge in [-0.25, -0.2) is 0 Å². The topological polar surface area (TPSA) is 12.0 Å². The van der Waals surface area contributed by atoms with Gasteiger partial charge in [-0.1, -0.05) is 54.1 Å². The van der Waals surface area contributed by atoms with Crippen LogP contribution in [0.15, 0.2) is 54.6 Å². The molecule has 2 unspecified atom stereocenters. The standard InChI is InChI=1S/C28H36ClN/c1-20(8-9-22-6-4-3-5-7-22)30-21(2)27-15-23-14-24(16-27)18-28(17-23,19-27)25-10-12-26(29)13-11-25/h3-7,10-13,20-21,23-24,30H,8-9,14-19H2,1-2H3/t20-,21+,23-,24+,27?,28?/m0/s1. The van der Waals surface area contributed by atoms with Gasteiger partial charge in [0.05, 0.1) is 0 Å². The van der Waals surface area contributed by atoms with Gasteiger partial charge in [-0.3, -0.25) is 0 Å². The highest BCUT2D eigenvalue weighted by molar-refractivity contribution is 6.30. The van der Waals surface area contributed by atoms with Crippen molar-refractivity contribution >= 4 is 11.6 Å². The average molecular weight is 422 g/mol. The van der Waals surface area contributed by atoms with Crippen LogP contribution in [-0.4, -0.2) is 12.1 Å². The number of halogens is 1. The summed E-state index contributed by atoms with van der Waals surface area (Å²) in [5, 5.41) is 4.93. The number of hydrogen-bond donors (Lipinski definition) is 1. The third kappa shape index (κ3) is 3.84. The summed E-state index contributed by atoms with van der Waals surface area (Å²) in [4.78, 5) is 0. The van der Waals surface area contributed by atoms with E-state index in [1.165, 1.54) is 50.5 Å². The number of nitrogens with one attached hydrogen (secondary N) is 1. The zero-order valence-corrected chi connectivity index (χ0v) is 19.3. The van der Waals surface area contributed by atoms with Crippen LogP contribution in [0.3, 0.4) is 0 Å². The van der Waals surface area contributed by atoms with E-state index in [0.717, 1.165) is 23.3 Å². The van der Waals surface area contributed by atoms with Crippen molar-refractivity contribution in [3.63, 3.8) is 0 Å². The number of hydrogen-bond acceptors (Lipinski definition) is 1. The highest BCUT2D eigenvalue weighted by Gasteiger charge is 2.59. The maximum atomic E-state index is 6.22. The molecule has 4 saturated carbocycles. The molecule has 0 aromatic heterocycles. The quantitative estimate of drug-likeness (QED) is 0.499. The minimum Gasteiger partial charge on any atom is -0.311 e. The molecule has 4 bridgehead atoms. The van der Waals surface area contributed by atoms with E-state index in [1.807, 2.05) is 0 Å². The molecule has 30 heavy (non-hydrogen) atoms. The van der Waals surface area contributed by atoms with E-state index >= 15 is 0 Å². The predicted octanol–water partition coefficient (Wildman–Crippen LogP) is 7.18. The van der Waals surface area contributed by atoms with Crippen LogP contribution in [0.25, 0.3) is 0 Å². The molecule has 6 atom stereocenters. The van der Waals surface area contributed by atoms with Crippen molar-refractivity contribution < 1.29 is 0 Å². The second-order valence-corrected chi connectivity index (χ2v) is 11.4. The molecule has 0 heterocycles. The fourth-order valence-corrected chi connectivity index (χ4v) is 7.82. The van der Waals surface area contributed by atoms with Crippen LogP contribution in [0.5, 0.6) is 0 Å². The van der Waals surface area contributed by atoms with E-state index in [0.29, 0.717) is 22.9 Å². The number of benzene rings is 2. The van der Waals surface area contributed by atoms with Crippen molar-refractivity contribution in [3.05, 3.63) is 70.7 Å². The van der Waals surface area contributed by atoms with Crippen molar-refractivity contribution in [1.29, 1.82) is 0 Å². The maximum Gasteiger partial charge on any atom is 0.0406 e. The lowest BCUT2D eigenvalue weighted by molar-refractivity contribution is -0.0894. The molecule has 0 amide bonds. The molecule has 1 nitrogen and oxygen atoms in total. The molecule has 0 radical (unpaired) electrons. The lowest BCUT2D eigenvalue weighted by atomic mass is 9.41. The molecule has 1 N–H and O–H groups in total. The molecular formula is C28H36ClN. The van der Waals surface area contributed by atoms with Gasteiger partial charge in [0.25, 0.3) is 0 Å². The van der Waals surface area contributed by atoms with Gasteiger partial charge >= 0.3 is 0 Å². The molecule has 0 spiro atoms. The first kappa shape index (κ1) is 20.6. The fraction of sp³-hybridized carbons (Fsp3) is 0.571. The Morgan fingerprint density at radius 2 is 1.60 bits per heavy atom. The summed E-state index contributed by atoms with van der Waals surface area (Å²) in [5.41, 5.74) is 3.85. The first-order valence-electron chi connectivity index (χ1n) is 12.0. The van der Waals surface area contributed by atoms with Gasteiger partial charge in [0.2, 0.25) is 0 Å². The third-order valence-electron chi connectivity index (χ3n) is 8.72. The summed E-state index contributed by atoms with van der Waals surface area (Å²) >= 11 is 6.22. The molecule has 4 aliphatic rings. The van der Waals surface area contributed by atoms with E-state index in [9.17, 15) is 0 Å². The lowest BCUT2D eigenvalue weighted by Crippen LogP contribution is -2.60. The Morgan fingerprint density at radius 3 is 2.27 bits per heavy atom. The number of rotatable bonds is 7. The van der Waals surface area contributed by atoms with Gasteiger partial charge in [0.1, 0.15) is 0 Å². The van der Waals surface area contributed by atoms with Crippen molar-refractivity contribution in [2.75, 3.05) is 0 Å². The van der Waals surface area contributed by atoms with Gasteiger partial charge in [0.15, 0.2) is 0 Å². The third-order valence-corrected chi connectivity index (χ3v) is 8.98. The number of aryl methyl sites for hydroxylation is 1. The molecule has 6 rings (SSSR count). The SMILES string of the molecule is C[C@@H](CCc1ccccc1)N[C@H](C)C12C[C@@H]3C[C@@H](CC(c4ccc(Cl)cc4)(C3)C1)C2. The van der Waals surface area contributed by atoms with E-state index in [-0.39, 0.29) is 0 Å². The minimum atomic E-state index is 0.387. The Bertz CT molecular complexity index is 844. The average Bonchev–Trinajstić information content (AvgIpc) is 2.72. The summed E-state index contributed by atoms with van der Waals surface area (Å²) in [6, 6.07) is 20.9. The van der Waals surface area contributed by atoms with Gasteiger partial charge in [-0.15, -0.1) is 0 Å². The van der Waals surface area contributed by atoms with E-state index in [4.69, 9.17) is 11.6 Å². The molecule has 0 aliphatic heterocycles. The van der Waals surface area contributed by atoms with Gasteiger partial charge in [-0.2, -0.15) is 0 Å². The molecule has 2 aromatic carbocycles. The van der Waals surface area contributed by atoms with Gasteiger partial charge in [0, 0.05) is 17.1 Å². The molecule has 4 fully saturated rings. The minimum absolute atomic E-state index is 0.387. The molecule has 160 valence electrons. The van der Waals surface area contributed by atoms with E-state index < -0.39 is 0 Å².